The molecule has 4 heteroatoms. The summed E-state index contributed by atoms with van der Waals surface area (Å²) < 4.78 is 6.54. The summed E-state index contributed by atoms with van der Waals surface area (Å²) in [5.74, 6) is 0.837. The van der Waals surface area contributed by atoms with Crippen molar-refractivity contribution in [1.29, 1.82) is 0 Å². The van der Waals surface area contributed by atoms with Crippen LogP contribution < -0.4 is 15.4 Å². The van der Waals surface area contributed by atoms with E-state index in [-0.39, 0.29) is 6.04 Å². The van der Waals surface area contributed by atoms with Gasteiger partial charge in [-0.2, -0.15) is 0 Å². The van der Waals surface area contributed by atoms with Crippen LogP contribution >= 0.6 is 15.9 Å². The van der Waals surface area contributed by atoms with Gasteiger partial charge in [0.15, 0.2) is 0 Å². The highest BCUT2D eigenvalue weighted by molar-refractivity contribution is 9.10. The van der Waals surface area contributed by atoms with E-state index < -0.39 is 0 Å². The standard InChI is InChI=1S/C17H21BrN2O/c1-12(19)17-15(8-5-9-16(17)21-3)20(2)11-13-6-4-7-14(18)10-13/h4-10,12H,11,19H2,1-3H3/t12-/m0/s1. The van der Waals surface area contributed by atoms with E-state index in [1.165, 1.54) is 5.56 Å². The second-order valence-electron chi connectivity index (χ2n) is 5.17. The Bertz CT molecular complexity index is 613. The molecule has 3 nitrogen and oxygen atoms in total. The van der Waals surface area contributed by atoms with E-state index in [2.05, 4.69) is 46.1 Å². The molecule has 0 radical (unpaired) electrons. The Morgan fingerprint density at radius 1 is 1.24 bits per heavy atom. The van der Waals surface area contributed by atoms with Crippen LogP contribution in [0, 0.1) is 0 Å². The first-order chi connectivity index (χ1) is 10.0. The third kappa shape index (κ3) is 3.77. The number of anilines is 1. The van der Waals surface area contributed by atoms with Gasteiger partial charge in [0.05, 0.1) is 7.11 Å². The first kappa shape index (κ1) is 15.9. The van der Waals surface area contributed by atoms with Crippen molar-refractivity contribution >= 4 is 21.6 Å². The van der Waals surface area contributed by atoms with Crippen LogP contribution in [0.25, 0.3) is 0 Å². The Labute approximate surface area is 134 Å². The molecule has 1 atom stereocenters. The maximum atomic E-state index is 6.13. The molecule has 0 saturated heterocycles. The minimum Gasteiger partial charge on any atom is -0.496 e. The van der Waals surface area contributed by atoms with Gasteiger partial charge in [0.1, 0.15) is 5.75 Å². The Morgan fingerprint density at radius 2 is 1.95 bits per heavy atom. The van der Waals surface area contributed by atoms with Crippen molar-refractivity contribution in [1.82, 2.24) is 0 Å². The van der Waals surface area contributed by atoms with Gasteiger partial charge in [0.2, 0.25) is 0 Å². The van der Waals surface area contributed by atoms with E-state index in [1.54, 1.807) is 7.11 Å². The molecule has 0 heterocycles. The number of rotatable bonds is 5. The van der Waals surface area contributed by atoms with Crippen LogP contribution in [0.4, 0.5) is 5.69 Å². The second kappa shape index (κ2) is 6.96. The first-order valence-corrected chi connectivity index (χ1v) is 7.70. The summed E-state index contributed by atoms with van der Waals surface area (Å²) in [5.41, 5.74) is 9.51. The summed E-state index contributed by atoms with van der Waals surface area (Å²) in [5, 5.41) is 0. The van der Waals surface area contributed by atoms with Crippen molar-refractivity contribution < 1.29 is 4.74 Å². The number of methoxy groups -OCH3 is 1. The third-order valence-corrected chi connectivity index (χ3v) is 3.93. The highest BCUT2D eigenvalue weighted by Crippen LogP contribution is 2.33. The molecule has 0 aliphatic rings. The predicted molar refractivity (Wildman–Crippen MR) is 91.8 cm³/mol. The molecule has 0 aliphatic heterocycles. The van der Waals surface area contributed by atoms with Crippen molar-refractivity contribution in [3.8, 4) is 5.75 Å². The average molecular weight is 349 g/mol. The zero-order valence-corrected chi connectivity index (χ0v) is 14.2. The minimum atomic E-state index is -0.0823. The van der Waals surface area contributed by atoms with Gasteiger partial charge in [-0.15, -0.1) is 0 Å². The monoisotopic (exact) mass is 348 g/mol. The lowest BCUT2D eigenvalue weighted by Gasteiger charge is -2.25. The zero-order chi connectivity index (χ0) is 15.4. The Balaban J connectivity index is 2.32. The van der Waals surface area contributed by atoms with Gasteiger partial charge in [-0.1, -0.05) is 34.1 Å². The maximum absolute atomic E-state index is 6.13. The zero-order valence-electron chi connectivity index (χ0n) is 12.6. The van der Waals surface area contributed by atoms with Crippen molar-refractivity contribution in [2.45, 2.75) is 19.5 Å². The molecular formula is C17H21BrN2O. The molecule has 0 spiro atoms. The molecule has 0 unspecified atom stereocenters. The van der Waals surface area contributed by atoms with Gasteiger partial charge in [0, 0.05) is 35.4 Å². The van der Waals surface area contributed by atoms with Crippen molar-refractivity contribution in [2.75, 3.05) is 19.1 Å². The number of halogens is 1. The fraction of sp³-hybridized carbons (Fsp3) is 0.294. The Hall–Kier alpha value is -1.52. The van der Waals surface area contributed by atoms with Crippen LogP contribution in [0.15, 0.2) is 46.9 Å². The molecule has 0 bridgehead atoms. The van der Waals surface area contributed by atoms with Gasteiger partial charge >= 0.3 is 0 Å². The summed E-state index contributed by atoms with van der Waals surface area (Å²) in [6.07, 6.45) is 0. The van der Waals surface area contributed by atoms with Gasteiger partial charge in [-0.3, -0.25) is 0 Å². The van der Waals surface area contributed by atoms with E-state index in [0.717, 1.165) is 28.0 Å². The second-order valence-corrected chi connectivity index (χ2v) is 6.08. The molecule has 0 fully saturated rings. The number of ether oxygens (including phenoxy) is 1. The highest BCUT2D eigenvalue weighted by atomic mass is 79.9. The van der Waals surface area contributed by atoms with Gasteiger partial charge in [0.25, 0.3) is 0 Å². The summed E-state index contributed by atoms with van der Waals surface area (Å²) in [6, 6.07) is 14.3. The number of hydrogen-bond donors (Lipinski definition) is 1. The van der Waals surface area contributed by atoms with Crippen LogP contribution in [0.1, 0.15) is 24.1 Å². The summed E-state index contributed by atoms with van der Waals surface area (Å²) in [7, 11) is 3.75. The number of nitrogens with two attached hydrogens (primary N) is 1. The summed E-state index contributed by atoms with van der Waals surface area (Å²) >= 11 is 3.51. The largest absolute Gasteiger partial charge is 0.496 e. The molecular weight excluding hydrogens is 328 g/mol. The molecule has 21 heavy (non-hydrogen) atoms. The smallest absolute Gasteiger partial charge is 0.125 e. The van der Waals surface area contributed by atoms with Crippen LogP contribution in [-0.4, -0.2) is 14.2 Å². The highest BCUT2D eigenvalue weighted by Gasteiger charge is 2.16. The first-order valence-electron chi connectivity index (χ1n) is 6.91. The normalized spacial score (nSPS) is 12.0. The third-order valence-electron chi connectivity index (χ3n) is 3.44. The molecule has 2 aromatic rings. The Morgan fingerprint density at radius 3 is 2.57 bits per heavy atom. The van der Waals surface area contributed by atoms with Crippen LogP contribution in [0.2, 0.25) is 0 Å². The predicted octanol–water partition coefficient (Wildman–Crippen LogP) is 4.11. The summed E-state index contributed by atoms with van der Waals surface area (Å²) in [6.45, 7) is 2.79. The number of nitrogens with zero attached hydrogens (tertiary/aromatic N) is 1. The maximum Gasteiger partial charge on any atom is 0.125 e. The van der Waals surface area contributed by atoms with E-state index >= 15 is 0 Å². The van der Waals surface area contributed by atoms with Crippen molar-refractivity contribution in [3.05, 3.63) is 58.1 Å². The minimum absolute atomic E-state index is 0.0823. The van der Waals surface area contributed by atoms with E-state index in [9.17, 15) is 0 Å². The molecule has 0 aliphatic carbocycles. The van der Waals surface area contributed by atoms with Crippen molar-refractivity contribution in [2.24, 2.45) is 5.73 Å². The number of hydrogen-bond acceptors (Lipinski definition) is 3. The van der Waals surface area contributed by atoms with E-state index in [1.807, 2.05) is 31.2 Å². The van der Waals surface area contributed by atoms with Crippen molar-refractivity contribution in [3.63, 3.8) is 0 Å². The summed E-state index contributed by atoms with van der Waals surface area (Å²) in [4.78, 5) is 2.20. The Kier molecular flexibility index (Phi) is 5.26. The van der Waals surface area contributed by atoms with Gasteiger partial charge < -0.3 is 15.4 Å². The lowest BCUT2D eigenvalue weighted by Crippen LogP contribution is -2.20. The molecule has 2 N–H and O–H groups in total. The van der Waals surface area contributed by atoms with Gasteiger partial charge in [-0.05, 0) is 36.8 Å². The molecule has 0 saturated carbocycles. The van der Waals surface area contributed by atoms with Crippen LogP contribution in [-0.2, 0) is 6.54 Å². The van der Waals surface area contributed by atoms with E-state index in [0.29, 0.717) is 0 Å². The molecule has 2 aromatic carbocycles. The lowest BCUT2D eigenvalue weighted by molar-refractivity contribution is 0.407. The van der Waals surface area contributed by atoms with Crippen LogP contribution in [0.5, 0.6) is 5.75 Å². The average Bonchev–Trinajstić information content (AvgIpc) is 2.46. The fourth-order valence-electron chi connectivity index (χ4n) is 2.50. The molecule has 112 valence electrons. The molecule has 0 amide bonds. The SMILES string of the molecule is COc1cccc(N(C)Cc2cccc(Br)c2)c1[C@H](C)N. The van der Waals surface area contributed by atoms with E-state index in [4.69, 9.17) is 10.5 Å². The van der Waals surface area contributed by atoms with Gasteiger partial charge in [-0.25, -0.2) is 0 Å². The number of benzene rings is 2. The molecule has 2 rings (SSSR count). The fourth-order valence-corrected chi connectivity index (χ4v) is 2.94. The van der Waals surface area contributed by atoms with Crippen LogP contribution in [0.3, 0.4) is 0 Å². The molecule has 0 aromatic heterocycles. The lowest BCUT2D eigenvalue weighted by atomic mass is 10.0. The quantitative estimate of drug-likeness (QED) is 0.883. The topological polar surface area (TPSA) is 38.5 Å².